The van der Waals surface area contributed by atoms with Crippen molar-refractivity contribution < 1.29 is 24.9 Å². The van der Waals surface area contributed by atoms with Crippen molar-refractivity contribution in [3.63, 3.8) is 0 Å². The van der Waals surface area contributed by atoms with Gasteiger partial charge in [0.2, 0.25) is 5.91 Å². The van der Waals surface area contributed by atoms with Crippen LogP contribution in [0.1, 0.15) is 48.7 Å². The molecule has 1 aliphatic heterocycles. The first-order chi connectivity index (χ1) is 19.7. The fourth-order valence-corrected chi connectivity index (χ4v) is 5.39. The van der Waals surface area contributed by atoms with E-state index in [2.05, 4.69) is 10.1 Å². The van der Waals surface area contributed by atoms with Gasteiger partial charge in [-0.25, -0.2) is 4.98 Å². The molecule has 12 heteroatoms. The first-order valence-corrected chi connectivity index (χ1v) is 13.6. The lowest BCUT2D eigenvalue weighted by Crippen LogP contribution is -2.49. The normalized spacial score (nSPS) is 14.6. The van der Waals surface area contributed by atoms with Crippen LogP contribution in [0.4, 0.5) is 5.82 Å². The summed E-state index contributed by atoms with van der Waals surface area (Å²) in [6, 6.07) is 5.78. The summed E-state index contributed by atoms with van der Waals surface area (Å²) in [5.41, 5.74) is 9.91. The van der Waals surface area contributed by atoms with Crippen LogP contribution in [0, 0.1) is 5.41 Å². The number of ketones is 1. The smallest absolute Gasteiger partial charge is 0.233 e. The zero-order valence-corrected chi connectivity index (χ0v) is 23.2. The van der Waals surface area contributed by atoms with Crippen molar-refractivity contribution in [1.29, 1.82) is 0 Å². The van der Waals surface area contributed by atoms with Crippen molar-refractivity contribution >= 4 is 23.2 Å². The SMILES string of the molecule is CC(=O)c1c(C2CCN(C(=O)C(C)(CO)CO)CC2)nc2c(-c3ccc(-c4ccn(CCO)c4)nc3)cnn2c1N. The molecular formula is C29H35N7O5. The molecule has 0 radical (unpaired) electrons. The van der Waals surface area contributed by atoms with Crippen molar-refractivity contribution in [2.75, 3.05) is 38.6 Å². The van der Waals surface area contributed by atoms with Gasteiger partial charge in [-0.15, -0.1) is 0 Å². The number of hydrogen-bond donors (Lipinski definition) is 4. The van der Waals surface area contributed by atoms with Crippen LogP contribution >= 0.6 is 0 Å². The standard InChI is InChI=1S/C29H35N7O5/c1-18(40)24-25(19-6-9-35(10-7-19)28(41)29(2,16-38)17-39)33-27-22(14-32-36(27)26(24)30)20-3-4-23(31-13-20)21-5-8-34(15-21)11-12-37/h3-5,8,13-15,19,37-39H,6-7,9-12,16-17,30H2,1-2H3. The number of amides is 1. The van der Waals surface area contributed by atoms with Crippen molar-refractivity contribution in [3.8, 4) is 22.4 Å². The van der Waals surface area contributed by atoms with Crippen LogP contribution in [0.25, 0.3) is 28.0 Å². The maximum atomic E-state index is 12.9. The van der Waals surface area contributed by atoms with Crippen molar-refractivity contribution in [2.24, 2.45) is 5.41 Å². The lowest BCUT2D eigenvalue weighted by molar-refractivity contribution is -0.147. The number of nitrogens with zero attached hydrogens (tertiary/aromatic N) is 6. The Morgan fingerprint density at radius 3 is 2.41 bits per heavy atom. The Morgan fingerprint density at radius 1 is 1.07 bits per heavy atom. The monoisotopic (exact) mass is 561 g/mol. The van der Waals surface area contributed by atoms with Gasteiger partial charge in [-0.3, -0.25) is 14.6 Å². The number of piperidine rings is 1. The summed E-state index contributed by atoms with van der Waals surface area (Å²) < 4.78 is 3.38. The number of rotatable bonds is 9. The molecule has 1 saturated heterocycles. The molecule has 0 saturated carbocycles. The highest BCUT2D eigenvalue weighted by atomic mass is 16.3. The van der Waals surface area contributed by atoms with E-state index in [-0.39, 0.29) is 30.0 Å². The Labute approximate surface area is 237 Å². The molecule has 5 rings (SSSR count). The molecule has 4 aromatic rings. The van der Waals surface area contributed by atoms with Gasteiger partial charge < -0.3 is 30.5 Å². The number of nitrogen functional groups attached to an aromatic ring is 1. The fraction of sp³-hybridized carbons (Fsp3) is 0.414. The molecule has 1 aliphatic rings. The van der Waals surface area contributed by atoms with Crippen molar-refractivity contribution in [2.45, 2.75) is 39.2 Å². The van der Waals surface area contributed by atoms with Crippen LogP contribution in [0.5, 0.6) is 0 Å². The number of Topliss-reactive ketones (excluding diaryl/α,β-unsaturated/α-hetero) is 1. The second-order valence-corrected chi connectivity index (χ2v) is 10.8. The minimum Gasteiger partial charge on any atom is -0.395 e. The first kappa shape index (κ1) is 28.4. The van der Waals surface area contributed by atoms with E-state index in [1.165, 1.54) is 11.4 Å². The molecule has 0 spiro atoms. The molecule has 41 heavy (non-hydrogen) atoms. The fourth-order valence-electron chi connectivity index (χ4n) is 5.39. The van der Waals surface area contributed by atoms with Gasteiger partial charge in [0.1, 0.15) is 5.82 Å². The molecule has 4 aromatic heterocycles. The zero-order chi connectivity index (χ0) is 29.3. The highest BCUT2D eigenvalue weighted by molar-refractivity contribution is 6.00. The van der Waals surface area contributed by atoms with E-state index in [1.54, 1.807) is 24.2 Å². The van der Waals surface area contributed by atoms with Crippen molar-refractivity contribution in [3.05, 3.63) is 54.2 Å². The topological polar surface area (TPSA) is 172 Å². The van der Waals surface area contributed by atoms with Crippen LogP contribution in [0.2, 0.25) is 0 Å². The van der Waals surface area contributed by atoms with Crippen molar-refractivity contribution in [1.82, 2.24) is 29.0 Å². The number of pyridine rings is 1. The van der Waals surface area contributed by atoms with Crippen LogP contribution in [0.3, 0.4) is 0 Å². The van der Waals surface area contributed by atoms with Gasteiger partial charge in [0.15, 0.2) is 11.4 Å². The molecule has 12 nitrogen and oxygen atoms in total. The molecule has 1 fully saturated rings. The Kier molecular flexibility index (Phi) is 7.89. The third-order valence-corrected chi connectivity index (χ3v) is 7.92. The number of nitrogens with two attached hydrogens (primary N) is 1. The van der Waals surface area contributed by atoms with E-state index in [0.717, 1.165) is 22.4 Å². The summed E-state index contributed by atoms with van der Waals surface area (Å²) in [6.45, 7) is 3.49. The van der Waals surface area contributed by atoms with E-state index in [0.29, 0.717) is 49.4 Å². The molecule has 5 N–H and O–H groups in total. The molecular weight excluding hydrogens is 526 g/mol. The number of aliphatic hydroxyl groups excluding tert-OH is 3. The average molecular weight is 562 g/mol. The molecule has 1 amide bonds. The molecule has 0 unspecified atom stereocenters. The Bertz CT molecular complexity index is 1560. The Balaban J connectivity index is 1.45. The van der Waals surface area contributed by atoms with Crippen LogP contribution in [0.15, 0.2) is 43.0 Å². The molecule has 5 heterocycles. The van der Waals surface area contributed by atoms with Gasteiger partial charge in [0.05, 0.1) is 48.4 Å². The van der Waals surface area contributed by atoms with Gasteiger partial charge in [-0.1, -0.05) is 6.07 Å². The highest BCUT2D eigenvalue weighted by Gasteiger charge is 2.38. The van der Waals surface area contributed by atoms with E-state index in [9.17, 15) is 19.8 Å². The maximum Gasteiger partial charge on any atom is 0.233 e. The van der Waals surface area contributed by atoms with E-state index in [1.807, 2.05) is 35.2 Å². The van der Waals surface area contributed by atoms with Gasteiger partial charge in [-0.2, -0.15) is 9.61 Å². The summed E-state index contributed by atoms with van der Waals surface area (Å²) in [6.07, 6.45) is 8.33. The summed E-state index contributed by atoms with van der Waals surface area (Å²) >= 11 is 0. The number of likely N-dealkylation sites (tertiary alicyclic amines) is 1. The third kappa shape index (κ3) is 5.21. The van der Waals surface area contributed by atoms with Gasteiger partial charge in [0.25, 0.3) is 0 Å². The largest absolute Gasteiger partial charge is 0.395 e. The Morgan fingerprint density at radius 2 is 1.80 bits per heavy atom. The number of aliphatic hydroxyl groups is 3. The van der Waals surface area contributed by atoms with Gasteiger partial charge in [-0.05, 0) is 38.8 Å². The van der Waals surface area contributed by atoms with Crippen LogP contribution in [-0.2, 0) is 11.3 Å². The number of anilines is 1. The Hall–Kier alpha value is -4.13. The number of aromatic nitrogens is 5. The number of carbonyl (C=O) groups excluding carboxylic acids is 2. The molecule has 216 valence electrons. The second kappa shape index (κ2) is 11.4. The van der Waals surface area contributed by atoms with Crippen LogP contribution in [-0.4, -0.2) is 89.0 Å². The number of carbonyl (C=O) groups is 2. The zero-order valence-electron chi connectivity index (χ0n) is 23.2. The maximum absolute atomic E-state index is 12.9. The molecule has 0 bridgehead atoms. The first-order valence-electron chi connectivity index (χ1n) is 13.6. The van der Waals surface area contributed by atoms with E-state index < -0.39 is 18.6 Å². The third-order valence-electron chi connectivity index (χ3n) is 7.92. The average Bonchev–Trinajstić information content (AvgIpc) is 3.64. The number of fused-ring (bicyclic) bond motifs is 1. The quantitative estimate of drug-likeness (QED) is 0.222. The summed E-state index contributed by atoms with van der Waals surface area (Å²) in [7, 11) is 0. The summed E-state index contributed by atoms with van der Waals surface area (Å²) in [5, 5.41) is 32.9. The predicted molar refractivity (Wildman–Crippen MR) is 152 cm³/mol. The second-order valence-electron chi connectivity index (χ2n) is 10.8. The lowest BCUT2D eigenvalue weighted by atomic mass is 9.86. The minimum absolute atomic E-state index is 0.0583. The van der Waals surface area contributed by atoms with Gasteiger partial charge >= 0.3 is 0 Å². The number of hydrogen-bond acceptors (Lipinski definition) is 9. The van der Waals surface area contributed by atoms with E-state index >= 15 is 0 Å². The van der Waals surface area contributed by atoms with Crippen LogP contribution < -0.4 is 5.73 Å². The van der Waals surface area contributed by atoms with Gasteiger partial charge in [0, 0.05) is 60.8 Å². The molecule has 0 aliphatic carbocycles. The summed E-state index contributed by atoms with van der Waals surface area (Å²) in [5.74, 6) is -0.416. The highest BCUT2D eigenvalue weighted by Crippen LogP contribution is 2.35. The minimum atomic E-state index is -1.24. The lowest BCUT2D eigenvalue weighted by Gasteiger charge is -2.37. The van der Waals surface area contributed by atoms with E-state index in [4.69, 9.17) is 15.8 Å². The molecule has 0 aromatic carbocycles. The summed E-state index contributed by atoms with van der Waals surface area (Å²) in [4.78, 5) is 36.9. The predicted octanol–water partition coefficient (Wildman–Crippen LogP) is 1.73. The molecule has 0 atom stereocenters.